The maximum absolute atomic E-state index is 13.2. The fourth-order valence-corrected chi connectivity index (χ4v) is 4.90. The number of aryl methyl sites for hydroxylation is 1. The van der Waals surface area contributed by atoms with Crippen LogP contribution in [0.2, 0.25) is 0 Å². The molecule has 1 aliphatic heterocycles. The molecule has 2 aromatic carbocycles. The van der Waals surface area contributed by atoms with Crippen LogP contribution < -0.4 is 15.4 Å². The Kier molecular flexibility index (Phi) is 6.77. The average Bonchev–Trinajstić information content (AvgIpc) is 3.15. The minimum Gasteiger partial charge on any atom is -0.496 e. The molecule has 1 amide bonds. The Morgan fingerprint density at radius 3 is 2.31 bits per heavy atom. The van der Waals surface area contributed by atoms with Crippen molar-refractivity contribution in [3.05, 3.63) is 58.9 Å². The third kappa shape index (κ3) is 4.58. The Balaban J connectivity index is 1.71. The van der Waals surface area contributed by atoms with Crippen molar-refractivity contribution < 1.29 is 28.2 Å². The van der Waals surface area contributed by atoms with Gasteiger partial charge in [0.05, 0.1) is 30.9 Å². The molecule has 9 heteroatoms. The summed E-state index contributed by atoms with van der Waals surface area (Å²) in [6, 6.07) is 9.70. The van der Waals surface area contributed by atoms with Gasteiger partial charge in [-0.1, -0.05) is 12.1 Å². The summed E-state index contributed by atoms with van der Waals surface area (Å²) in [4.78, 5) is 39.5. The number of piperidine rings is 1. The highest BCUT2D eigenvalue weighted by molar-refractivity contribution is 6.44. The van der Waals surface area contributed by atoms with Gasteiger partial charge in [-0.2, -0.15) is 0 Å². The van der Waals surface area contributed by atoms with Gasteiger partial charge in [-0.3, -0.25) is 9.59 Å². The largest absolute Gasteiger partial charge is 0.496 e. The van der Waals surface area contributed by atoms with Gasteiger partial charge in [0.25, 0.3) is 11.7 Å². The molecule has 1 fully saturated rings. The lowest BCUT2D eigenvalue weighted by atomic mass is 9.90. The Morgan fingerprint density at radius 1 is 1.09 bits per heavy atom. The Bertz CT molecular complexity index is 1290. The van der Waals surface area contributed by atoms with Crippen molar-refractivity contribution in [2.45, 2.75) is 19.3 Å². The highest BCUT2D eigenvalue weighted by atomic mass is 19.1. The second kappa shape index (κ2) is 9.77. The number of carbonyl (C=O) groups excluding carboxylic acids is 3. The van der Waals surface area contributed by atoms with Gasteiger partial charge in [-0.15, -0.1) is 0 Å². The van der Waals surface area contributed by atoms with Crippen molar-refractivity contribution in [2.24, 2.45) is 18.7 Å². The van der Waals surface area contributed by atoms with E-state index in [-0.39, 0.29) is 22.7 Å². The number of amides is 1. The number of hydrogen-bond donors (Lipinski definition) is 1. The zero-order valence-corrected chi connectivity index (χ0v) is 20.0. The van der Waals surface area contributed by atoms with Crippen LogP contribution in [0.25, 0.3) is 10.9 Å². The quantitative estimate of drug-likeness (QED) is 0.316. The van der Waals surface area contributed by atoms with Gasteiger partial charge in [0.1, 0.15) is 17.4 Å². The SMILES string of the molecule is COC(=O)C(=O)c1c(N2CCC(Cc3ccc(F)cc3)CC2)n(C)c2cc(OC)c(C(N)=O)cc12. The zero-order chi connectivity index (χ0) is 25.3. The normalized spacial score (nSPS) is 14.2. The van der Waals surface area contributed by atoms with E-state index in [1.807, 2.05) is 16.7 Å². The summed E-state index contributed by atoms with van der Waals surface area (Å²) in [6.07, 6.45) is 2.57. The van der Waals surface area contributed by atoms with Crippen LogP contribution in [0.1, 0.15) is 39.1 Å². The van der Waals surface area contributed by atoms with Crippen LogP contribution in [0.3, 0.4) is 0 Å². The highest BCUT2D eigenvalue weighted by Gasteiger charge is 2.32. The van der Waals surface area contributed by atoms with Crippen LogP contribution >= 0.6 is 0 Å². The zero-order valence-electron chi connectivity index (χ0n) is 20.0. The first-order valence-corrected chi connectivity index (χ1v) is 11.4. The van der Waals surface area contributed by atoms with Crippen LogP contribution in [-0.4, -0.2) is 49.5 Å². The Labute approximate surface area is 202 Å². The molecule has 0 spiro atoms. The first-order valence-electron chi connectivity index (χ1n) is 11.4. The van der Waals surface area contributed by atoms with Gasteiger partial charge < -0.3 is 24.7 Å². The number of ether oxygens (including phenoxy) is 2. The predicted molar refractivity (Wildman–Crippen MR) is 129 cm³/mol. The molecular weight excluding hydrogens is 453 g/mol. The lowest BCUT2D eigenvalue weighted by molar-refractivity contribution is -0.135. The van der Waals surface area contributed by atoms with Crippen molar-refractivity contribution >= 4 is 34.4 Å². The number of primary amides is 1. The minimum absolute atomic E-state index is 0.120. The number of esters is 1. The molecule has 35 heavy (non-hydrogen) atoms. The number of nitrogens with zero attached hydrogens (tertiary/aromatic N) is 2. The number of carbonyl (C=O) groups is 3. The summed E-state index contributed by atoms with van der Waals surface area (Å²) < 4.78 is 25.1. The molecule has 0 atom stereocenters. The number of aromatic nitrogens is 1. The molecule has 1 aliphatic rings. The number of anilines is 1. The third-order valence-electron chi connectivity index (χ3n) is 6.70. The molecule has 2 N–H and O–H groups in total. The maximum atomic E-state index is 13.2. The van der Waals surface area contributed by atoms with E-state index in [0.29, 0.717) is 35.7 Å². The van der Waals surface area contributed by atoms with E-state index in [2.05, 4.69) is 4.90 Å². The molecule has 4 rings (SSSR count). The summed E-state index contributed by atoms with van der Waals surface area (Å²) in [5.41, 5.74) is 7.54. The van der Waals surface area contributed by atoms with E-state index < -0.39 is 17.7 Å². The van der Waals surface area contributed by atoms with Gasteiger partial charge in [-0.05, 0) is 48.9 Å². The molecule has 0 saturated carbocycles. The first-order chi connectivity index (χ1) is 16.7. The lowest BCUT2D eigenvalue weighted by Gasteiger charge is -2.34. The highest BCUT2D eigenvalue weighted by Crippen LogP contribution is 2.38. The number of rotatable bonds is 7. The number of halogens is 1. The third-order valence-corrected chi connectivity index (χ3v) is 6.70. The summed E-state index contributed by atoms with van der Waals surface area (Å²) in [7, 11) is 4.40. The van der Waals surface area contributed by atoms with Crippen LogP contribution in [0.5, 0.6) is 5.75 Å². The fraction of sp³-hybridized carbons (Fsp3) is 0.346. The molecule has 1 saturated heterocycles. The Hall–Kier alpha value is -3.88. The van der Waals surface area contributed by atoms with Crippen molar-refractivity contribution in [3.63, 3.8) is 0 Å². The molecule has 0 unspecified atom stereocenters. The van der Waals surface area contributed by atoms with E-state index in [1.165, 1.54) is 25.3 Å². The van der Waals surface area contributed by atoms with E-state index in [0.717, 1.165) is 31.9 Å². The number of nitrogens with two attached hydrogens (primary N) is 1. The molecule has 0 bridgehead atoms. The Morgan fingerprint density at radius 2 is 1.74 bits per heavy atom. The van der Waals surface area contributed by atoms with E-state index in [1.54, 1.807) is 13.1 Å². The number of methoxy groups -OCH3 is 2. The molecule has 0 aliphatic carbocycles. The second-order valence-electron chi connectivity index (χ2n) is 8.77. The van der Waals surface area contributed by atoms with Gasteiger partial charge in [0, 0.05) is 31.6 Å². The predicted octanol–water partition coefficient (Wildman–Crippen LogP) is 3.24. The number of ketones is 1. The monoisotopic (exact) mass is 481 g/mol. The van der Waals surface area contributed by atoms with Gasteiger partial charge in [-0.25, -0.2) is 9.18 Å². The van der Waals surface area contributed by atoms with Crippen molar-refractivity contribution in [3.8, 4) is 5.75 Å². The molecule has 2 heterocycles. The standard InChI is InChI=1S/C26H28FN3O5/c1-29-20-14-21(34-2)19(24(28)32)13-18(20)22(23(31)26(33)35-3)25(29)30-10-8-16(9-11-30)12-15-4-6-17(27)7-5-15/h4-7,13-14,16H,8-12H2,1-3H3,(H2,28,32). The molecule has 184 valence electrons. The van der Waals surface area contributed by atoms with Crippen molar-refractivity contribution in [2.75, 3.05) is 32.2 Å². The fourth-order valence-electron chi connectivity index (χ4n) is 4.90. The summed E-state index contributed by atoms with van der Waals surface area (Å²) in [5.74, 6) is -1.45. The van der Waals surface area contributed by atoms with Gasteiger partial charge >= 0.3 is 5.97 Å². The minimum atomic E-state index is -0.985. The van der Waals surface area contributed by atoms with Crippen molar-refractivity contribution in [1.29, 1.82) is 0 Å². The van der Waals surface area contributed by atoms with Crippen LogP contribution in [0.4, 0.5) is 10.2 Å². The van der Waals surface area contributed by atoms with Gasteiger partial charge in [0.15, 0.2) is 0 Å². The molecule has 3 aromatic rings. The summed E-state index contributed by atoms with van der Waals surface area (Å²) in [6.45, 7) is 1.33. The number of fused-ring (bicyclic) bond motifs is 1. The van der Waals surface area contributed by atoms with E-state index >= 15 is 0 Å². The first kappa shape index (κ1) is 24.3. The number of hydrogen-bond acceptors (Lipinski definition) is 6. The second-order valence-corrected chi connectivity index (χ2v) is 8.77. The van der Waals surface area contributed by atoms with Crippen LogP contribution in [0, 0.1) is 11.7 Å². The lowest BCUT2D eigenvalue weighted by Crippen LogP contribution is -2.36. The van der Waals surface area contributed by atoms with Crippen LogP contribution in [-0.2, 0) is 23.0 Å². The molecule has 0 radical (unpaired) electrons. The topological polar surface area (TPSA) is 104 Å². The smallest absolute Gasteiger partial charge is 0.379 e. The van der Waals surface area contributed by atoms with E-state index in [4.69, 9.17) is 15.2 Å². The molecular formula is C26H28FN3O5. The number of benzene rings is 2. The van der Waals surface area contributed by atoms with Gasteiger partial charge in [0.2, 0.25) is 0 Å². The summed E-state index contributed by atoms with van der Waals surface area (Å²) in [5, 5.41) is 0.431. The van der Waals surface area contributed by atoms with Crippen molar-refractivity contribution in [1.82, 2.24) is 4.57 Å². The summed E-state index contributed by atoms with van der Waals surface area (Å²) >= 11 is 0. The maximum Gasteiger partial charge on any atom is 0.379 e. The molecule has 1 aromatic heterocycles. The van der Waals surface area contributed by atoms with Crippen LogP contribution in [0.15, 0.2) is 36.4 Å². The molecule has 8 nitrogen and oxygen atoms in total. The number of Topliss-reactive ketones (excluding diaryl/α,β-unsaturated/α-hetero) is 1. The average molecular weight is 482 g/mol. The van der Waals surface area contributed by atoms with E-state index in [9.17, 15) is 18.8 Å².